The van der Waals surface area contributed by atoms with Gasteiger partial charge in [0.05, 0.1) is 0 Å². The molecule has 0 radical (unpaired) electrons. The van der Waals surface area contributed by atoms with Crippen LogP contribution in [0.1, 0.15) is 39.5 Å². The molecule has 0 atom stereocenters. The third-order valence-corrected chi connectivity index (χ3v) is 2.71. The van der Waals surface area contributed by atoms with E-state index in [1.54, 1.807) is 7.05 Å². The lowest BCUT2D eigenvalue weighted by atomic mass is 10.1. The molecule has 1 aliphatic rings. The summed E-state index contributed by atoms with van der Waals surface area (Å²) in [5.74, 6) is 0.470. The topological polar surface area (TPSA) is 61.8 Å². The van der Waals surface area contributed by atoms with Gasteiger partial charge in [-0.3, -0.25) is 9.59 Å². The molecule has 0 aliphatic carbocycles. The second-order valence-electron chi connectivity index (χ2n) is 4.76. The lowest BCUT2D eigenvalue weighted by molar-refractivity contribution is -0.130. The number of hydrogen-bond donors (Lipinski definition) is 1. The molecule has 1 rings (SSSR count). The monoisotopic (exact) mass is 239 g/mol. The van der Waals surface area contributed by atoms with Crippen LogP contribution in [0.25, 0.3) is 0 Å². The highest BCUT2D eigenvalue weighted by atomic mass is 16.2. The smallest absolute Gasteiger partial charge is 0.267 e. The molecule has 1 N–H and O–H groups in total. The van der Waals surface area contributed by atoms with Gasteiger partial charge in [0.15, 0.2) is 0 Å². The summed E-state index contributed by atoms with van der Waals surface area (Å²) in [6.45, 7) is 4.99. The Labute approximate surface area is 102 Å². The third kappa shape index (κ3) is 4.54. The fourth-order valence-corrected chi connectivity index (χ4v) is 1.65. The van der Waals surface area contributed by atoms with Crippen LogP contribution in [0.4, 0.5) is 0 Å². The van der Waals surface area contributed by atoms with Crippen LogP contribution < -0.4 is 5.32 Å². The molecule has 5 heteroatoms. The molecule has 0 saturated carbocycles. The van der Waals surface area contributed by atoms with Crippen molar-refractivity contribution in [1.29, 1.82) is 0 Å². The molecule has 0 aromatic rings. The Morgan fingerprint density at radius 3 is 2.76 bits per heavy atom. The van der Waals surface area contributed by atoms with Crippen molar-refractivity contribution in [3.8, 4) is 0 Å². The Balaban J connectivity index is 2.33. The van der Waals surface area contributed by atoms with E-state index in [4.69, 9.17) is 0 Å². The van der Waals surface area contributed by atoms with Gasteiger partial charge in [0.1, 0.15) is 5.71 Å². The zero-order chi connectivity index (χ0) is 12.8. The standard InChI is InChI=1S/C12H21N3O2/c1-9(2)5-4-8-13-12(17)10-6-7-11(16)15(3)14-10/h9H,4-8H2,1-3H3,(H,13,17). The van der Waals surface area contributed by atoms with Gasteiger partial charge in [0.2, 0.25) is 5.91 Å². The molecule has 0 bridgehead atoms. The normalized spacial score (nSPS) is 16.1. The molecule has 5 nitrogen and oxygen atoms in total. The number of nitrogens with one attached hydrogen (secondary N) is 1. The minimum absolute atomic E-state index is 0.0404. The SMILES string of the molecule is CC(C)CCCNC(=O)C1=NN(C)C(=O)CC1. The molecule has 0 fully saturated rings. The van der Waals surface area contributed by atoms with E-state index in [0.29, 0.717) is 31.0 Å². The fourth-order valence-electron chi connectivity index (χ4n) is 1.65. The van der Waals surface area contributed by atoms with E-state index in [-0.39, 0.29) is 11.8 Å². The van der Waals surface area contributed by atoms with E-state index in [9.17, 15) is 9.59 Å². The predicted molar refractivity (Wildman–Crippen MR) is 66.5 cm³/mol. The first-order valence-corrected chi connectivity index (χ1v) is 6.13. The first-order chi connectivity index (χ1) is 8.00. The highest BCUT2D eigenvalue weighted by Crippen LogP contribution is 2.07. The van der Waals surface area contributed by atoms with Gasteiger partial charge >= 0.3 is 0 Å². The van der Waals surface area contributed by atoms with E-state index in [0.717, 1.165) is 12.8 Å². The molecule has 17 heavy (non-hydrogen) atoms. The Kier molecular flexibility index (Phi) is 5.12. The molecular formula is C12H21N3O2. The zero-order valence-electron chi connectivity index (χ0n) is 10.8. The summed E-state index contributed by atoms with van der Waals surface area (Å²) >= 11 is 0. The Morgan fingerprint density at radius 2 is 2.18 bits per heavy atom. The van der Waals surface area contributed by atoms with E-state index in [1.165, 1.54) is 5.01 Å². The van der Waals surface area contributed by atoms with Crippen LogP contribution >= 0.6 is 0 Å². The lowest BCUT2D eigenvalue weighted by Crippen LogP contribution is -2.38. The van der Waals surface area contributed by atoms with Gasteiger partial charge < -0.3 is 5.32 Å². The van der Waals surface area contributed by atoms with Gasteiger partial charge in [0, 0.05) is 26.4 Å². The van der Waals surface area contributed by atoms with Crippen LogP contribution in [0.3, 0.4) is 0 Å². The second-order valence-corrected chi connectivity index (χ2v) is 4.76. The van der Waals surface area contributed by atoms with E-state index < -0.39 is 0 Å². The first-order valence-electron chi connectivity index (χ1n) is 6.13. The number of hydrogen-bond acceptors (Lipinski definition) is 3. The highest BCUT2D eigenvalue weighted by Gasteiger charge is 2.21. The number of hydrazone groups is 1. The van der Waals surface area contributed by atoms with Crippen LogP contribution in [0.2, 0.25) is 0 Å². The minimum Gasteiger partial charge on any atom is -0.351 e. The fraction of sp³-hybridized carbons (Fsp3) is 0.750. The summed E-state index contributed by atoms with van der Waals surface area (Å²) < 4.78 is 0. The van der Waals surface area contributed by atoms with Crippen LogP contribution in [0.5, 0.6) is 0 Å². The Bertz CT molecular complexity index is 324. The summed E-state index contributed by atoms with van der Waals surface area (Å²) in [6.07, 6.45) is 2.89. The molecule has 0 aromatic carbocycles. The van der Waals surface area contributed by atoms with Crippen LogP contribution in [-0.2, 0) is 9.59 Å². The number of rotatable bonds is 5. The molecule has 2 amide bonds. The van der Waals surface area contributed by atoms with Gasteiger partial charge in [-0.05, 0) is 18.8 Å². The maximum absolute atomic E-state index is 11.7. The van der Waals surface area contributed by atoms with Crippen molar-refractivity contribution in [3.63, 3.8) is 0 Å². The van der Waals surface area contributed by atoms with Crippen molar-refractivity contribution in [1.82, 2.24) is 10.3 Å². The van der Waals surface area contributed by atoms with Crippen molar-refractivity contribution < 1.29 is 9.59 Å². The summed E-state index contributed by atoms with van der Waals surface area (Å²) in [7, 11) is 1.58. The van der Waals surface area contributed by atoms with Crippen molar-refractivity contribution >= 4 is 17.5 Å². The summed E-state index contributed by atoms with van der Waals surface area (Å²) in [5, 5.41) is 8.04. The zero-order valence-corrected chi connectivity index (χ0v) is 10.8. The van der Waals surface area contributed by atoms with Crippen molar-refractivity contribution in [2.24, 2.45) is 11.0 Å². The van der Waals surface area contributed by atoms with E-state index in [1.807, 2.05) is 0 Å². The molecule has 0 spiro atoms. The average Bonchev–Trinajstić information content (AvgIpc) is 2.27. The van der Waals surface area contributed by atoms with Gasteiger partial charge in [-0.1, -0.05) is 13.8 Å². The lowest BCUT2D eigenvalue weighted by Gasteiger charge is -2.18. The summed E-state index contributed by atoms with van der Waals surface area (Å²) in [6, 6.07) is 0. The Hall–Kier alpha value is -1.39. The number of carbonyl (C=O) groups is 2. The maximum atomic E-state index is 11.7. The van der Waals surface area contributed by atoms with Gasteiger partial charge in [0.25, 0.3) is 5.91 Å². The molecule has 96 valence electrons. The van der Waals surface area contributed by atoms with Crippen LogP contribution in [0.15, 0.2) is 5.10 Å². The van der Waals surface area contributed by atoms with Gasteiger partial charge in [-0.25, -0.2) is 5.01 Å². The number of nitrogens with zero attached hydrogens (tertiary/aromatic N) is 2. The van der Waals surface area contributed by atoms with Crippen molar-refractivity contribution in [3.05, 3.63) is 0 Å². The predicted octanol–water partition coefficient (Wildman–Crippen LogP) is 1.15. The minimum atomic E-state index is -0.145. The van der Waals surface area contributed by atoms with Crippen LogP contribution in [0, 0.1) is 5.92 Å². The molecule has 0 saturated heterocycles. The molecular weight excluding hydrogens is 218 g/mol. The summed E-state index contributed by atoms with van der Waals surface area (Å²) in [4.78, 5) is 22.9. The van der Waals surface area contributed by atoms with Crippen molar-refractivity contribution in [2.45, 2.75) is 39.5 Å². The quantitative estimate of drug-likeness (QED) is 0.731. The highest BCUT2D eigenvalue weighted by molar-refractivity contribution is 6.39. The third-order valence-electron chi connectivity index (χ3n) is 2.71. The molecule has 0 aromatic heterocycles. The Morgan fingerprint density at radius 1 is 1.47 bits per heavy atom. The van der Waals surface area contributed by atoms with Crippen LogP contribution in [-0.4, -0.2) is 36.1 Å². The van der Waals surface area contributed by atoms with E-state index in [2.05, 4.69) is 24.3 Å². The van der Waals surface area contributed by atoms with Gasteiger partial charge in [-0.15, -0.1) is 0 Å². The number of carbonyl (C=O) groups excluding carboxylic acids is 2. The molecule has 1 aliphatic heterocycles. The maximum Gasteiger partial charge on any atom is 0.267 e. The average molecular weight is 239 g/mol. The molecule has 0 unspecified atom stereocenters. The largest absolute Gasteiger partial charge is 0.351 e. The number of amides is 2. The first kappa shape index (κ1) is 13.7. The van der Waals surface area contributed by atoms with E-state index >= 15 is 0 Å². The summed E-state index contributed by atoms with van der Waals surface area (Å²) in [5.41, 5.74) is 0.455. The van der Waals surface area contributed by atoms with Gasteiger partial charge in [-0.2, -0.15) is 5.10 Å². The molecule has 1 heterocycles. The van der Waals surface area contributed by atoms with Crippen molar-refractivity contribution in [2.75, 3.05) is 13.6 Å². The second kappa shape index (κ2) is 6.37.